The van der Waals surface area contributed by atoms with E-state index in [9.17, 15) is 9.59 Å². The van der Waals surface area contributed by atoms with Gasteiger partial charge >= 0.3 is 5.97 Å². The Bertz CT molecular complexity index is 604. The van der Waals surface area contributed by atoms with Crippen LogP contribution in [0, 0.1) is 17.2 Å². The van der Waals surface area contributed by atoms with Crippen molar-refractivity contribution in [2.75, 3.05) is 11.9 Å². The van der Waals surface area contributed by atoms with Gasteiger partial charge in [-0.2, -0.15) is 5.26 Å². The zero-order valence-corrected chi connectivity index (χ0v) is 12.9. The van der Waals surface area contributed by atoms with E-state index in [0.29, 0.717) is 28.6 Å². The van der Waals surface area contributed by atoms with Crippen molar-refractivity contribution in [2.45, 2.75) is 32.1 Å². The van der Waals surface area contributed by atoms with E-state index in [1.54, 1.807) is 6.07 Å². The first-order chi connectivity index (χ1) is 10.6. The van der Waals surface area contributed by atoms with Crippen molar-refractivity contribution in [1.29, 1.82) is 5.26 Å². The molecule has 0 aliphatic heterocycles. The molecule has 1 saturated carbocycles. The first kappa shape index (κ1) is 16.3. The Morgan fingerprint density at radius 2 is 2.09 bits per heavy atom. The Morgan fingerprint density at radius 1 is 1.36 bits per heavy atom. The molecule has 0 heterocycles. The maximum atomic E-state index is 11.8. The summed E-state index contributed by atoms with van der Waals surface area (Å²) >= 11 is 5.83. The van der Waals surface area contributed by atoms with E-state index in [1.165, 1.54) is 12.1 Å². The third kappa shape index (κ3) is 4.74. The number of hydrogen-bond acceptors (Lipinski definition) is 4. The van der Waals surface area contributed by atoms with Gasteiger partial charge in [-0.05, 0) is 37.0 Å². The molecule has 1 aliphatic carbocycles. The summed E-state index contributed by atoms with van der Waals surface area (Å²) in [5, 5.41) is 11.9. The van der Waals surface area contributed by atoms with Gasteiger partial charge in [-0.15, -0.1) is 0 Å². The molecule has 1 N–H and O–H groups in total. The summed E-state index contributed by atoms with van der Waals surface area (Å²) in [6.45, 7) is -0.358. The molecule has 0 spiro atoms. The van der Waals surface area contributed by atoms with Crippen LogP contribution in [0.4, 0.5) is 5.69 Å². The van der Waals surface area contributed by atoms with Crippen LogP contribution >= 0.6 is 11.6 Å². The average Bonchev–Trinajstić information content (AvgIpc) is 2.98. The molecule has 22 heavy (non-hydrogen) atoms. The van der Waals surface area contributed by atoms with Crippen molar-refractivity contribution >= 4 is 29.2 Å². The van der Waals surface area contributed by atoms with E-state index in [0.717, 1.165) is 25.7 Å². The summed E-state index contributed by atoms with van der Waals surface area (Å²) < 4.78 is 4.97. The summed E-state index contributed by atoms with van der Waals surface area (Å²) in [5.74, 6) is -0.458. The van der Waals surface area contributed by atoms with Gasteiger partial charge in [-0.3, -0.25) is 9.59 Å². The number of hydrogen-bond donors (Lipinski definition) is 1. The van der Waals surface area contributed by atoms with Gasteiger partial charge in [0.05, 0.1) is 11.3 Å². The lowest BCUT2D eigenvalue weighted by molar-refractivity contribution is -0.148. The minimum atomic E-state index is -0.487. The first-order valence-electron chi connectivity index (χ1n) is 7.23. The molecule has 0 unspecified atom stereocenters. The summed E-state index contributed by atoms with van der Waals surface area (Å²) in [6, 6.07) is 6.53. The molecular weight excluding hydrogens is 304 g/mol. The topological polar surface area (TPSA) is 79.2 Å². The Hall–Kier alpha value is -2.06. The Morgan fingerprint density at radius 3 is 2.77 bits per heavy atom. The number of nitrogens with zero attached hydrogens (tertiary/aromatic N) is 1. The van der Waals surface area contributed by atoms with Crippen LogP contribution in [0.25, 0.3) is 0 Å². The van der Waals surface area contributed by atoms with Crippen LogP contribution < -0.4 is 5.32 Å². The zero-order chi connectivity index (χ0) is 15.9. The molecule has 6 heteroatoms. The molecular formula is C16H17ClN2O3. The molecule has 1 aliphatic rings. The second-order valence-electron chi connectivity index (χ2n) is 5.37. The number of esters is 1. The number of rotatable bonds is 5. The standard InChI is InChI=1S/C16H17ClN2O3/c17-13-6-5-12(9-18)14(8-13)19-15(20)10-22-16(21)7-11-3-1-2-4-11/h5-6,8,11H,1-4,7,10H2,(H,19,20). The third-order valence-electron chi connectivity index (χ3n) is 3.67. The van der Waals surface area contributed by atoms with Crippen molar-refractivity contribution in [1.82, 2.24) is 0 Å². The van der Waals surface area contributed by atoms with Crippen molar-refractivity contribution in [2.24, 2.45) is 5.92 Å². The van der Waals surface area contributed by atoms with E-state index >= 15 is 0 Å². The van der Waals surface area contributed by atoms with Gasteiger partial charge in [-0.1, -0.05) is 24.4 Å². The Balaban J connectivity index is 1.81. The molecule has 0 bridgehead atoms. The summed E-state index contributed by atoms with van der Waals surface area (Å²) in [5.41, 5.74) is 0.613. The van der Waals surface area contributed by atoms with E-state index in [2.05, 4.69) is 5.32 Å². The molecule has 0 atom stereocenters. The molecule has 0 radical (unpaired) electrons. The lowest BCUT2D eigenvalue weighted by Crippen LogP contribution is -2.22. The number of halogens is 1. The number of nitriles is 1. The molecule has 0 aromatic heterocycles. The van der Waals surface area contributed by atoms with Crippen molar-refractivity contribution in [3.8, 4) is 6.07 Å². The van der Waals surface area contributed by atoms with Crippen LogP contribution in [0.1, 0.15) is 37.7 Å². The van der Waals surface area contributed by atoms with Crippen molar-refractivity contribution in [3.05, 3.63) is 28.8 Å². The Labute approximate surface area is 134 Å². The molecule has 1 fully saturated rings. The van der Waals surface area contributed by atoms with Crippen molar-refractivity contribution in [3.63, 3.8) is 0 Å². The van der Waals surface area contributed by atoms with E-state index in [-0.39, 0.29) is 12.6 Å². The van der Waals surface area contributed by atoms with Crippen LogP contribution in [0.5, 0.6) is 0 Å². The predicted octanol–water partition coefficient (Wildman–Crippen LogP) is 3.27. The molecule has 0 saturated heterocycles. The largest absolute Gasteiger partial charge is 0.456 e. The van der Waals surface area contributed by atoms with Gasteiger partial charge in [0.15, 0.2) is 6.61 Å². The number of anilines is 1. The molecule has 1 amide bonds. The van der Waals surface area contributed by atoms with Gasteiger partial charge in [0.25, 0.3) is 5.91 Å². The fourth-order valence-electron chi connectivity index (χ4n) is 2.56. The molecule has 2 rings (SSSR count). The lowest BCUT2D eigenvalue weighted by atomic mass is 10.1. The van der Waals surface area contributed by atoms with Gasteiger partial charge in [0.2, 0.25) is 0 Å². The van der Waals surface area contributed by atoms with Crippen LogP contribution in [0.15, 0.2) is 18.2 Å². The van der Waals surface area contributed by atoms with E-state index in [4.69, 9.17) is 21.6 Å². The van der Waals surface area contributed by atoms with Gasteiger partial charge < -0.3 is 10.1 Å². The number of amides is 1. The summed E-state index contributed by atoms with van der Waals surface area (Å²) in [6.07, 6.45) is 4.78. The Kier molecular flexibility index (Phi) is 5.79. The minimum absolute atomic E-state index is 0.301. The highest BCUT2D eigenvalue weighted by Crippen LogP contribution is 2.27. The van der Waals surface area contributed by atoms with Crippen molar-refractivity contribution < 1.29 is 14.3 Å². The number of ether oxygens (including phenoxy) is 1. The smallest absolute Gasteiger partial charge is 0.306 e. The maximum absolute atomic E-state index is 11.8. The fourth-order valence-corrected chi connectivity index (χ4v) is 2.73. The molecule has 5 nitrogen and oxygen atoms in total. The summed E-state index contributed by atoms with van der Waals surface area (Å²) in [7, 11) is 0. The number of benzene rings is 1. The van der Waals surface area contributed by atoms with Gasteiger partial charge in [0, 0.05) is 11.4 Å². The highest BCUT2D eigenvalue weighted by atomic mass is 35.5. The number of carbonyl (C=O) groups is 2. The molecule has 1 aromatic carbocycles. The number of carbonyl (C=O) groups excluding carboxylic acids is 2. The van der Waals surface area contributed by atoms with Crippen LogP contribution in [0.3, 0.4) is 0 Å². The van der Waals surface area contributed by atoms with Crippen LogP contribution in [-0.4, -0.2) is 18.5 Å². The third-order valence-corrected chi connectivity index (χ3v) is 3.91. The first-order valence-corrected chi connectivity index (χ1v) is 7.61. The zero-order valence-electron chi connectivity index (χ0n) is 12.1. The quantitative estimate of drug-likeness (QED) is 0.844. The van der Waals surface area contributed by atoms with E-state index in [1.807, 2.05) is 6.07 Å². The summed E-state index contributed by atoms with van der Waals surface area (Å²) in [4.78, 5) is 23.5. The van der Waals surface area contributed by atoms with Gasteiger partial charge in [0.1, 0.15) is 6.07 Å². The fraction of sp³-hybridized carbons (Fsp3) is 0.438. The average molecular weight is 321 g/mol. The molecule has 1 aromatic rings. The normalized spacial score (nSPS) is 14.4. The second kappa shape index (κ2) is 7.81. The van der Waals surface area contributed by atoms with Crippen LogP contribution in [0.2, 0.25) is 5.02 Å². The maximum Gasteiger partial charge on any atom is 0.306 e. The lowest BCUT2D eigenvalue weighted by Gasteiger charge is -2.10. The highest BCUT2D eigenvalue weighted by molar-refractivity contribution is 6.31. The van der Waals surface area contributed by atoms with Crippen LogP contribution in [-0.2, 0) is 14.3 Å². The molecule has 116 valence electrons. The predicted molar refractivity (Wildman–Crippen MR) is 82.3 cm³/mol. The monoisotopic (exact) mass is 320 g/mol. The minimum Gasteiger partial charge on any atom is -0.456 e. The second-order valence-corrected chi connectivity index (χ2v) is 5.80. The van der Waals surface area contributed by atoms with E-state index < -0.39 is 5.91 Å². The SMILES string of the molecule is N#Cc1ccc(Cl)cc1NC(=O)COC(=O)CC1CCCC1. The number of nitrogens with one attached hydrogen (secondary N) is 1. The highest BCUT2D eigenvalue weighted by Gasteiger charge is 2.19. The van der Waals surface area contributed by atoms with Gasteiger partial charge in [-0.25, -0.2) is 0 Å².